The molecule has 0 bridgehead atoms. The maximum Gasteiger partial charge on any atom is 0.341 e. The van der Waals surface area contributed by atoms with Gasteiger partial charge in [-0.15, -0.1) is 0 Å². The Hall–Kier alpha value is -3.28. The third-order valence-corrected chi connectivity index (χ3v) is 3.11. The van der Waals surface area contributed by atoms with Crippen molar-refractivity contribution in [3.8, 4) is 11.5 Å². The van der Waals surface area contributed by atoms with Crippen molar-refractivity contribution in [1.82, 2.24) is 0 Å². The molecule has 0 spiro atoms. The van der Waals surface area contributed by atoms with Crippen molar-refractivity contribution in [2.45, 2.75) is 0 Å². The Kier molecular flexibility index (Phi) is 5.96. The van der Waals surface area contributed by atoms with E-state index in [1.807, 2.05) is 0 Å². The van der Waals surface area contributed by atoms with Crippen molar-refractivity contribution < 1.29 is 23.8 Å². The smallest absolute Gasteiger partial charge is 0.341 e. The lowest BCUT2D eigenvalue weighted by atomic mass is 10.1. The Morgan fingerprint density at radius 3 is 2.58 bits per heavy atom. The topological polar surface area (TPSA) is 73.9 Å². The summed E-state index contributed by atoms with van der Waals surface area (Å²) in [5.41, 5.74) is 1.36. The van der Waals surface area contributed by atoms with Crippen LogP contribution < -0.4 is 10.1 Å². The number of carbonyl (C=O) groups is 2. The molecule has 0 saturated heterocycles. The monoisotopic (exact) mass is 327 g/mol. The zero-order valence-electron chi connectivity index (χ0n) is 13.3. The molecule has 124 valence electrons. The molecule has 24 heavy (non-hydrogen) atoms. The van der Waals surface area contributed by atoms with Crippen LogP contribution in [0.25, 0.3) is 5.57 Å². The van der Waals surface area contributed by atoms with Gasteiger partial charge in [-0.05, 0) is 18.2 Å². The second kappa shape index (κ2) is 8.38. The van der Waals surface area contributed by atoms with Gasteiger partial charge in [-0.1, -0.05) is 24.3 Å². The van der Waals surface area contributed by atoms with Crippen molar-refractivity contribution in [1.29, 1.82) is 0 Å². The molecule has 0 aliphatic carbocycles. The number of nitrogens with one attached hydrogen (secondary N) is 1. The molecule has 0 aliphatic heterocycles. The van der Waals surface area contributed by atoms with E-state index < -0.39 is 5.97 Å². The molecule has 2 aromatic carbocycles. The zero-order chi connectivity index (χ0) is 17.4. The minimum atomic E-state index is -0.538. The van der Waals surface area contributed by atoms with Crippen LogP contribution in [0.5, 0.6) is 11.5 Å². The molecule has 2 rings (SSSR count). The molecule has 0 aromatic heterocycles. The minimum Gasteiger partial charge on any atom is -0.503 e. The molecule has 1 N–H and O–H groups in total. The van der Waals surface area contributed by atoms with Gasteiger partial charge in [0.05, 0.1) is 20.5 Å². The van der Waals surface area contributed by atoms with Gasteiger partial charge < -0.3 is 19.5 Å². The zero-order valence-corrected chi connectivity index (χ0v) is 13.3. The summed E-state index contributed by atoms with van der Waals surface area (Å²) < 4.78 is 15.6. The second-order valence-corrected chi connectivity index (χ2v) is 4.65. The number of carbonyl (C=O) groups excluding carboxylic acids is 2. The highest BCUT2D eigenvalue weighted by molar-refractivity contribution is 6.17. The van der Waals surface area contributed by atoms with E-state index in [0.717, 1.165) is 0 Å². The van der Waals surface area contributed by atoms with Crippen LogP contribution in [-0.4, -0.2) is 26.6 Å². The summed E-state index contributed by atoms with van der Waals surface area (Å²) in [5.74, 6) is 0.426. The van der Waals surface area contributed by atoms with E-state index in [1.54, 1.807) is 48.5 Å². The maximum atomic E-state index is 12.0. The summed E-state index contributed by atoms with van der Waals surface area (Å²) >= 11 is 0. The molecule has 0 atom stereocenters. The third kappa shape index (κ3) is 4.13. The Morgan fingerprint density at radius 2 is 1.88 bits per heavy atom. The van der Waals surface area contributed by atoms with Crippen LogP contribution in [0.2, 0.25) is 0 Å². The normalized spacial score (nSPS) is 10.7. The van der Waals surface area contributed by atoms with Gasteiger partial charge in [-0.2, -0.15) is 0 Å². The molecule has 2 aromatic rings. The van der Waals surface area contributed by atoms with E-state index in [1.165, 1.54) is 20.5 Å². The highest BCUT2D eigenvalue weighted by atomic mass is 16.5. The molecular weight excluding hydrogens is 310 g/mol. The average molecular weight is 327 g/mol. The molecule has 0 fully saturated rings. The van der Waals surface area contributed by atoms with Gasteiger partial charge in [0.25, 0.3) is 0 Å². The minimum absolute atomic E-state index is 0.234. The van der Waals surface area contributed by atoms with E-state index >= 15 is 0 Å². The molecule has 0 aliphatic rings. The van der Waals surface area contributed by atoms with Gasteiger partial charge in [0.15, 0.2) is 0 Å². The van der Waals surface area contributed by atoms with Gasteiger partial charge >= 0.3 is 5.97 Å². The molecule has 0 heterocycles. The Morgan fingerprint density at radius 1 is 1.08 bits per heavy atom. The number of amides is 1. The lowest BCUT2D eigenvalue weighted by Gasteiger charge is -2.13. The molecule has 6 nitrogen and oxygen atoms in total. The number of methoxy groups -OCH3 is 2. The van der Waals surface area contributed by atoms with E-state index in [2.05, 4.69) is 5.32 Å². The maximum absolute atomic E-state index is 12.0. The first-order valence-electron chi connectivity index (χ1n) is 7.08. The standard InChI is InChI=1S/C18H17NO5/c1-22-11-16(18(21)23-2)15-8-3-4-9-17(15)24-14-7-5-6-13(10-14)19-12-20/h3-12H,1-2H3,(H,19,20). The molecule has 1 amide bonds. The summed E-state index contributed by atoms with van der Waals surface area (Å²) in [5, 5.41) is 2.55. The largest absolute Gasteiger partial charge is 0.503 e. The summed E-state index contributed by atoms with van der Waals surface area (Å²) in [6, 6.07) is 13.9. The fourth-order valence-electron chi connectivity index (χ4n) is 2.07. The van der Waals surface area contributed by atoms with Gasteiger partial charge in [0.2, 0.25) is 6.41 Å². The first-order valence-corrected chi connectivity index (χ1v) is 7.08. The van der Waals surface area contributed by atoms with E-state index in [0.29, 0.717) is 29.2 Å². The van der Waals surface area contributed by atoms with Crippen molar-refractivity contribution in [3.05, 3.63) is 60.4 Å². The van der Waals surface area contributed by atoms with Crippen LogP contribution in [-0.2, 0) is 19.1 Å². The molecule has 0 saturated carbocycles. The van der Waals surface area contributed by atoms with Crippen LogP contribution >= 0.6 is 0 Å². The fraction of sp³-hybridized carbons (Fsp3) is 0.111. The van der Waals surface area contributed by atoms with Crippen molar-refractivity contribution in [2.75, 3.05) is 19.5 Å². The number of esters is 1. The van der Waals surface area contributed by atoms with Crippen LogP contribution in [0.4, 0.5) is 5.69 Å². The molecule has 0 unspecified atom stereocenters. The number of rotatable bonds is 7. The Balaban J connectivity index is 2.38. The van der Waals surface area contributed by atoms with E-state index in [9.17, 15) is 9.59 Å². The van der Waals surface area contributed by atoms with E-state index in [-0.39, 0.29) is 5.57 Å². The van der Waals surface area contributed by atoms with Crippen molar-refractivity contribution >= 4 is 23.6 Å². The van der Waals surface area contributed by atoms with Crippen LogP contribution in [0.1, 0.15) is 5.56 Å². The Labute approximate surface area is 139 Å². The third-order valence-electron chi connectivity index (χ3n) is 3.11. The highest BCUT2D eigenvalue weighted by Crippen LogP contribution is 2.31. The predicted molar refractivity (Wildman–Crippen MR) is 89.6 cm³/mol. The number of para-hydroxylation sites is 1. The van der Waals surface area contributed by atoms with Crippen LogP contribution in [0.3, 0.4) is 0 Å². The van der Waals surface area contributed by atoms with Crippen LogP contribution in [0, 0.1) is 0 Å². The Bertz CT molecular complexity index is 755. The quantitative estimate of drug-likeness (QED) is 0.366. The van der Waals surface area contributed by atoms with E-state index in [4.69, 9.17) is 14.2 Å². The number of ether oxygens (including phenoxy) is 3. The van der Waals surface area contributed by atoms with Gasteiger partial charge in [0, 0.05) is 17.3 Å². The lowest BCUT2D eigenvalue weighted by Crippen LogP contribution is -2.05. The summed E-state index contributed by atoms with van der Waals surface area (Å²) in [6.07, 6.45) is 1.89. The predicted octanol–water partition coefficient (Wildman–Crippen LogP) is 3.21. The SMILES string of the molecule is COC=C(C(=O)OC)c1ccccc1Oc1cccc(NC=O)c1. The van der Waals surface area contributed by atoms with Crippen LogP contribution in [0.15, 0.2) is 54.8 Å². The summed E-state index contributed by atoms with van der Waals surface area (Å²) in [4.78, 5) is 22.5. The fourth-order valence-corrected chi connectivity index (χ4v) is 2.07. The lowest BCUT2D eigenvalue weighted by molar-refractivity contribution is -0.133. The molecule has 0 radical (unpaired) electrons. The average Bonchev–Trinajstić information content (AvgIpc) is 2.60. The van der Waals surface area contributed by atoms with Gasteiger partial charge in [-0.3, -0.25) is 4.79 Å². The first-order chi connectivity index (χ1) is 11.7. The number of anilines is 1. The van der Waals surface area contributed by atoms with Crippen molar-refractivity contribution in [2.24, 2.45) is 0 Å². The van der Waals surface area contributed by atoms with Crippen molar-refractivity contribution in [3.63, 3.8) is 0 Å². The highest BCUT2D eigenvalue weighted by Gasteiger charge is 2.18. The second-order valence-electron chi connectivity index (χ2n) is 4.65. The number of hydrogen-bond acceptors (Lipinski definition) is 5. The number of hydrogen-bond donors (Lipinski definition) is 1. The summed E-state index contributed by atoms with van der Waals surface area (Å²) in [7, 11) is 2.74. The molecule has 6 heteroatoms. The van der Waals surface area contributed by atoms with Gasteiger partial charge in [0.1, 0.15) is 17.1 Å². The summed E-state index contributed by atoms with van der Waals surface area (Å²) in [6.45, 7) is 0. The van der Waals surface area contributed by atoms with Gasteiger partial charge in [-0.25, -0.2) is 4.79 Å². The molecular formula is C18H17NO5. The first kappa shape index (κ1) is 17.1. The number of benzene rings is 2.